The van der Waals surface area contributed by atoms with E-state index in [0.717, 1.165) is 0 Å². The SMILES string of the molecule is C[C@@H]1CC(N2C(=O)C[C@@](C)(c3cccc(N)c3Cl)N/C2=N\C(=O)OC(C)(C)C)C[C@H](C)O1. The number of halogens is 1. The summed E-state index contributed by atoms with van der Waals surface area (Å²) in [4.78, 5) is 31.9. The lowest BCUT2D eigenvalue weighted by Gasteiger charge is -2.46. The molecule has 1 aromatic rings. The van der Waals surface area contributed by atoms with Crippen molar-refractivity contribution in [3.05, 3.63) is 28.8 Å². The van der Waals surface area contributed by atoms with E-state index in [1.807, 2.05) is 26.8 Å². The van der Waals surface area contributed by atoms with E-state index in [2.05, 4.69) is 10.3 Å². The highest BCUT2D eigenvalue weighted by Crippen LogP contribution is 2.38. The van der Waals surface area contributed by atoms with E-state index in [4.69, 9.17) is 26.8 Å². The van der Waals surface area contributed by atoms with Gasteiger partial charge < -0.3 is 20.5 Å². The number of anilines is 1. The third kappa shape index (κ3) is 5.35. The minimum atomic E-state index is -0.900. The molecule has 9 heteroatoms. The van der Waals surface area contributed by atoms with Gasteiger partial charge in [-0.2, -0.15) is 0 Å². The monoisotopic (exact) mass is 464 g/mol. The van der Waals surface area contributed by atoms with Gasteiger partial charge in [-0.3, -0.25) is 9.69 Å². The van der Waals surface area contributed by atoms with Crippen molar-refractivity contribution in [1.82, 2.24) is 10.2 Å². The van der Waals surface area contributed by atoms with Crippen LogP contribution >= 0.6 is 11.6 Å². The van der Waals surface area contributed by atoms with Gasteiger partial charge in [0.15, 0.2) is 0 Å². The first kappa shape index (κ1) is 24.3. The standard InChI is InChI=1S/C23H33ClN4O4/c1-13-10-15(11-14(2)31-13)28-18(29)12-23(6,16-8-7-9-17(25)19(16)24)27-20(28)26-21(30)32-22(3,4)5/h7-9,13-15H,10-12,25H2,1-6H3,(H,26,27,30)/t13-,14+,15?,23-/m0/s1. The van der Waals surface area contributed by atoms with Crippen LogP contribution in [0.2, 0.25) is 5.02 Å². The van der Waals surface area contributed by atoms with Gasteiger partial charge in [0.25, 0.3) is 0 Å². The number of carbonyl (C=O) groups is 2. The Morgan fingerprint density at radius 2 is 1.94 bits per heavy atom. The molecule has 0 radical (unpaired) electrons. The van der Waals surface area contributed by atoms with Crippen LogP contribution in [0.5, 0.6) is 0 Å². The molecule has 32 heavy (non-hydrogen) atoms. The summed E-state index contributed by atoms with van der Waals surface area (Å²) in [7, 11) is 0. The van der Waals surface area contributed by atoms with Gasteiger partial charge in [-0.15, -0.1) is 4.99 Å². The van der Waals surface area contributed by atoms with Gasteiger partial charge in [0, 0.05) is 6.04 Å². The highest BCUT2D eigenvalue weighted by molar-refractivity contribution is 6.34. The zero-order valence-corrected chi connectivity index (χ0v) is 20.3. The van der Waals surface area contributed by atoms with E-state index in [-0.39, 0.29) is 36.5 Å². The van der Waals surface area contributed by atoms with Crippen LogP contribution < -0.4 is 11.1 Å². The highest BCUT2D eigenvalue weighted by Gasteiger charge is 2.45. The number of aliphatic imine (C=N–C) groups is 1. The molecule has 2 saturated heterocycles. The Labute approximate surface area is 194 Å². The first-order chi connectivity index (χ1) is 14.8. The Bertz CT molecular complexity index is 919. The first-order valence-electron chi connectivity index (χ1n) is 10.9. The Morgan fingerprint density at radius 3 is 2.53 bits per heavy atom. The maximum atomic E-state index is 13.5. The molecule has 2 heterocycles. The Kier molecular flexibility index (Phi) is 6.77. The second-order valence-electron chi connectivity index (χ2n) is 9.90. The third-order valence-corrected chi connectivity index (χ3v) is 6.06. The van der Waals surface area contributed by atoms with Gasteiger partial charge >= 0.3 is 6.09 Å². The number of hydrogen-bond donors (Lipinski definition) is 2. The minimum absolute atomic E-state index is 0.0176. The number of carbonyl (C=O) groups excluding carboxylic acids is 2. The molecule has 8 nitrogen and oxygen atoms in total. The number of nitrogen functional groups attached to an aromatic ring is 1. The summed E-state index contributed by atoms with van der Waals surface area (Å²) >= 11 is 6.49. The van der Waals surface area contributed by atoms with Crippen molar-refractivity contribution in [2.75, 3.05) is 5.73 Å². The average molecular weight is 465 g/mol. The number of nitrogens with two attached hydrogens (primary N) is 1. The summed E-state index contributed by atoms with van der Waals surface area (Å²) in [5, 5.41) is 3.68. The zero-order valence-electron chi connectivity index (χ0n) is 19.6. The number of nitrogens with one attached hydrogen (secondary N) is 1. The lowest BCUT2D eigenvalue weighted by atomic mass is 9.85. The van der Waals surface area contributed by atoms with E-state index in [1.54, 1.807) is 37.8 Å². The molecule has 0 spiro atoms. The number of amides is 2. The second kappa shape index (κ2) is 8.90. The van der Waals surface area contributed by atoms with Crippen LogP contribution in [-0.2, 0) is 19.8 Å². The summed E-state index contributed by atoms with van der Waals surface area (Å²) in [6.07, 6.45) is 0.603. The zero-order chi connectivity index (χ0) is 23.8. The van der Waals surface area contributed by atoms with Gasteiger partial charge in [0.1, 0.15) is 5.60 Å². The lowest BCUT2D eigenvalue weighted by Crippen LogP contribution is -2.64. The molecule has 1 aromatic carbocycles. The molecular formula is C23H33ClN4O4. The van der Waals surface area contributed by atoms with Crippen LogP contribution in [0.1, 0.15) is 66.4 Å². The quantitative estimate of drug-likeness (QED) is 0.635. The molecule has 176 valence electrons. The number of hydrogen-bond acceptors (Lipinski definition) is 5. The van der Waals surface area contributed by atoms with Crippen molar-refractivity contribution in [3.8, 4) is 0 Å². The largest absolute Gasteiger partial charge is 0.442 e. The van der Waals surface area contributed by atoms with Gasteiger partial charge in [0.05, 0.1) is 34.9 Å². The normalized spacial score (nSPS) is 30.2. The number of guanidine groups is 1. The smallest absolute Gasteiger partial charge is 0.437 e. The van der Waals surface area contributed by atoms with E-state index in [9.17, 15) is 9.59 Å². The summed E-state index contributed by atoms with van der Waals surface area (Å²) in [5.74, 6) is 0.00106. The fourth-order valence-corrected chi connectivity index (χ4v) is 4.74. The molecule has 0 saturated carbocycles. The topological polar surface area (TPSA) is 106 Å². The lowest BCUT2D eigenvalue weighted by molar-refractivity contribution is -0.136. The van der Waals surface area contributed by atoms with Crippen molar-refractivity contribution in [2.24, 2.45) is 4.99 Å². The van der Waals surface area contributed by atoms with Crippen LogP contribution in [-0.4, -0.2) is 46.7 Å². The van der Waals surface area contributed by atoms with Crippen molar-refractivity contribution in [3.63, 3.8) is 0 Å². The molecule has 3 rings (SSSR count). The number of rotatable bonds is 2. The van der Waals surface area contributed by atoms with Crippen LogP contribution in [0.25, 0.3) is 0 Å². The molecule has 2 aliphatic rings. The molecule has 0 bridgehead atoms. The molecule has 2 fully saturated rings. The fraction of sp³-hybridized carbons (Fsp3) is 0.609. The van der Waals surface area contributed by atoms with Gasteiger partial charge in [-0.25, -0.2) is 4.79 Å². The van der Waals surface area contributed by atoms with E-state index >= 15 is 0 Å². The highest BCUT2D eigenvalue weighted by atomic mass is 35.5. The van der Waals surface area contributed by atoms with Gasteiger partial charge in [-0.05, 0) is 66.0 Å². The molecule has 3 N–H and O–H groups in total. The summed E-state index contributed by atoms with van der Waals surface area (Å²) in [5.41, 5.74) is 5.47. The Balaban J connectivity index is 2.02. The van der Waals surface area contributed by atoms with E-state index < -0.39 is 17.2 Å². The average Bonchev–Trinajstić information content (AvgIpc) is 2.60. The summed E-state index contributed by atoms with van der Waals surface area (Å²) in [6, 6.07) is 5.15. The van der Waals surface area contributed by atoms with Gasteiger partial charge in [0.2, 0.25) is 11.9 Å². The molecule has 4 atom stereocenters. The van der Waals surface area contributed by atoms with E-state index in [1.165, 1.54) is 0 Å². The number of nitrogens with zero attached hydrogens (tertiary/aromatic N) is 2. The molecule has 0 aromatic heterocycles. The van der Waals surface area contributed by atoms with Crippen molar-refractivity contribution >= 4 is 35.2 Å². The van der Waals surface area contributed by atoms with Crippen molar-refractivity contribution in [1.29, 1.82) is 0 Å². The van der Waals surface area contributed by atoms with Gasteiger partial charge in [-0.1, -0.05) is 23.7 Å². The molecule has 1 unspecified atom stereocenters. The van der Waals surface area contributed by atoms with Crippen molar-refractivity contribution in [2.45, 2.75) is 90.2 Å². The molecule has 2 aliphatic heterocycles. The number of ether oxygens (including phenoxy) is 2. The summed E-state index contributed by atoms with van der Waals surface area (Å²) in [6.45, 7) is 11.1. The second-order valence-corrected chi connectivity index (χ2v) is 10.3. The number of benzene rings is 1. The predicted molar refractivity (Wildman–Crippen MR) is 125 cm³/mol. The Hall–Kier alpha value is -2.32. The first-order valence-corrected chi connectivity index (χ1v) is 11.3. The summed E-state index contributed by atoms with van der Waals surface area (Å²) < 4.78 is 11.2. The maximum absolute atomic E-state index is 13.5. The predicted octanol–water partition coefficient (Wildman–Crippen LogP) is 4.21. The van der Waals surface area contributed by atoms with E-state index in [0.29, 0.717) is 29.1 Å². The maximum Gasteiger partial charge on any atom is 0.437 e. The molecule has 0 aliphatic carbocycles. The van der Waals surface area contributed by atoms with Crippen LogP contribution in [0.3, 0.4) is 0 Å². The van der Waals surface area contributed by atoms with Crippen LogP contribution in [0.15, 0.2) is 23.2 Å². The molecule has 2 amide bonds. The minimum Gasteiger partial charge on any atom is -0.442 e. The van der Waals surface area contributed by atoms with Crippen LogP contribution in [0.4, 0.5) is 10.5 Å². The molecular weight excluding hydrogens is 432 g/mol. The third-order valence-electron chi connectivity index (χ3n) is 5.64. The fourth-order valence-electron chi connectivity index (χ4n) is 4.41. The van der Waals surface area contributed by atoms with Crippen molar-refractivity contribution < 1.29 is 19.1 Å². The van der Waals surface area contributed by atoms with Crippen LogP contribution in [0, 0.1) is 0 Å². The Morgan fingerprint density at radius 1 is 1.31 bits per heavy atom.